The molecule has 0 aliphatic heterocycles. The highest BCUT2D eigenvalue weighted by molar-refractivity contribution is 6.30. The minimum Gasteiger partial charge on any atom is -0.480 e. The predicted octanol–water partition coefficient (Wildman–Crippen LogP) is 5.61. The lowest BCUT2D eigenvalue weighted by Crippen LogP contribution is -2.06. The molecule has 0 atom stereocenters. The standard InChI is InChI=1S/C24H19ClF4N6O2/c1-35-20(25)19(24(27,28)29)34-22(35)14-6-3-12(9-15(14)26)10-37-16-7-8-30-21(33-16)17-18(13-4-5-13)31-11-32-23(17)36-2/h3,6-9,11,13H,4-5,10H2,1-2H3. The monoisotopic (exact) mass is 534 g/mol. The van der Waals surface area contributed by atoms with Gasteiger partial charge in [-0.3, -0.25) is 0 Å². The maximum atomic E-state index is 14.9. The first-order valence-corrected chi connectivity index (χ1v) is 11.5. The van der Waals surface area contributed by atoms with Gasteiger partial charge in [0.25, 0.3) is 0 Å². The summed E-state index contributed by atoms with van der Waals surface area (Å²) in [5, 5.41) is -0.626. The molecule has 1 fully saturated rings. The average molecular weight is 535 g/mol. The number of nitrogens with zero attached hydrogens (tertiary/aromatic N) is 6. The van der Waals surface area contributed by atoms with Gasteiger partial charge >= 0.3 is 6.18 Å². The molecule has 3 aromatic heterocycles. The molecule has 0 saturated heterocycles. The van der Waals surface area contributed by atoms with Gasteiger partial charge in [-0.05, 0) is 30.5 Å². The fourth-order valence-corrected chi connectivity index (χ4v) is 4.07. The molecule has 0 amide bonds. The Morgan fingerprint density at radius 1 is 1.11 bits per heavy atom. The summed E-state index contributed by atoms with van der Waals surface area (Å²) >= 11 is 5.77. The maximum Gasteiger partial charge on any atom is 0.436 e. The van der Waals surface area contributed by atoms with E-state index >= 15 is 0 Å². The van der Waals surface area contributed by atoms with Gasteiger partial charge in [0.05, 0.1) is 18.4 Å². The number of alkyl halides is 3. The second-order valence-corrected chi connectivity index (χ2v) is 8.73. The number of hydrogen-bond acceptors (Lipinski definition) is 7. The van der Waals surface area contributed by atoms with Crippen LogP contribution in [0.1, 0.15) is 35.7 Å². The van der Waals surface area contributed by atoms with Crippen LogP contribution in [0.3, 0.4) is 0 Å². The zero-order chi connectivity index (χ0) is 26.3. The van der Waals surface area contributed by atoms with Crippen LogP contribution in [0, 0.1) is 5.82 Å². The van der Waals surface area contributed by atoms with Crippen molar-refractivity contribution in [2.24, 2.45) is 7.05 Å². The highest BCUT2D eigenvalue weighted by atomic mass is 35.5. The van der Waals surface area contributed by atoms with Crippen LogP contribution in [-0.2, 0) is 19.8 Å². The van der Waals surface area contributed by atoms with Crippen LogP contribution in [0.5, 0.6) is 11.8 Å². The van der Waals surface area contributed by atoms with Crippen LogP contribution in [-0.4, -0.2) is 36.6 Å². The minimum absolute atomic E-state index is 0.0549. The fraction of sp³-hybridized carbons (Fsp3) is 0.292. The number of halogens is 5. The number of aromatic nitrogens is 6. The Balaban J connectivity index is 1.37. The summed E-state index contributed by atoms with van der Waals surface area (Å²) in [4.78, 5) is 20.8. The van der Waals surface area contributed by atoms with Crippen LogP contribution in [0.4, 0.5) is 17.6 Å². The zero-order valence-electron chi connectivity index (χ0n) is 19.6. The molecular formula is C24H19ClF4N6O2. The van der Waals surface area contributed by atoms with Crippen LogP contribution < -0.4 is 9.47 Å². The van der Waals surface area contributed by atoms with Gasteiger partial charge in [-0.2, -0.15) is 18.2 Å². The summed E-state index contributed by atoms with van der Waals surface area (Å²) in [5.41, 5.74) is 0.433. The van der Waals surface area contributed by atoms with Crippen LogP contribution in [0.2, 0.25) is 5.15 Å². The Hall–Kier alpha value is -3.80. The number of benzene rings is 1. The van der Waals surface area contributed by atoms with Crippen molar-refractivity contribution in [3.63, 3.8) is 0 Å². The van der Waals surface area contributed by atoms with Crippen molar-refractivity contribution in [2.45, 2.75) is 31.5 Å². The van der Waals surface area contributed by atoms with E-state index in [0.29, 0.717) is 28.7 Å². The molecule has 3 heterocycles. The highest BCUT2D eigenvalue weighted by Gasteiger charge is 2.38. The van der Waals surface area contributed by atoms with E-state index in [2.05, 4.69) is 24.9 Å². The van der Waals surface area contributed by atoms with Crippen molar-refractivity contribution in [2.75, 3.05) is 7.11 Å². The molecule has 1 aromatic carbocycles. The van der Waals surface area contributed by atoms with Crippen molar-refractivity contribution < 1.29 is 27.0 Å². The van der Waals surface area contributed by atoms with Gasteiger partial charge in [-0.1, -0.05) is 17.7 Å². The van der Waals surface area contributed by atoms with Gasteiger partial charge in [0, 0.05) is 25.2 Å². The number of rotatable bonds is 7. The summed E-state index contributed by atoms with van der Waals surface area (Å²) in [6, 6.07) is 5.56. The molecule has 13 heteroatoms. The third-order valence-corrected chi connectivity index (χ3v) is 6.24. The Bertz CT molecular complexity index is 1470. The second kappa shape index (κ2) is 9.58. The lowest BCUT2D eigenvalue weighted by atomic mass is 10.1. The molecule has 1 aliphatic rings. The zero-order valence-corrected chi connectivity index (χ0v) is 20.3. The smallest absolute Gasteiger partial charge is 0.436 e. The Morgan fingerprint density at radius 2 is 1.89 bits per heavy atom. The summed E-state index contributed by atoms with van der Waals surface area (Å²) in [6.45, 7) is -0.0549. The van der Waals surface area contributed by atoms with Crippen LogP contribution in [0.25, 0.3) is 22.8 Å². The number of hydrogen-bond donors (Lipinski definition) is 0. The molecular weight excluding hydrogens is 516 g/mol. The molecule has 1 aliphatic carbocycles. The molecule has 0 N–H and O–H groups in total. The number of ether oxygens (including phenoxy) is 2. The lowest BCUT2D eigenvalue weighted by Gasteiger charge is -2.12. The van der Waals surface area contributed by atoms with E-state index in [1.165, 1.54) is 38.8 Å². The van der Waals surface area contributed by atoms with E-state index in [1.54, 1.807) is 6.07 Å². The molecule has 4 aromatic rings. The topological polar surface area (TPSA) is 87.8 Å². The lowest BCUT2D eigenvalue weighted by molar-refractivity contribution is -0.140. The van der Waals surface area contributed by atoms with E-state index in [9.17, 15) is 17.6 Å². The average Bonchev–Trinajstić information content (AvgIpc) is 3.68. The Morgan fingerprint density at radius 3 is 2.54 bits per heavy atom. The normalized spacial score (nSPS) is 13.6. The van der Waals surface area contributed by atoms with Gasteiger partial charge < -0.3 is 14.0 Å². The highest BCUT2D eigenvalue weighted by Crippen LogP contribution is 2.45. The van der Waals surface area contributed by atoms with Crippen molar-refractivity contribution in [1.29, 1.82) is 0 Å². The van der Waals surface area contributed by atoms with E-state index in [-0.39, 0.29) is 23.9 Å². The molecule has 5 rings (SSSR count). The third kappa shape index (κ3) is 4.93. The largest absolute Gasteiger partial charge is 0.480 e. The van der Waals surface area contributed by atoms with Gasteiger partial charge in [-0.25, -0.2) is 24.3 Å². The van der Waals surface area contributed by atoms with Crippen molar-refractivity contribution >= 4 is 11.6 Å². The molecule has 37 heavy (non-hydrogen) atoms. The Labute approximate surface area is 213 Å². The quantitative estimate of drug-likeness (QED) is 0.285. The van der Waals surface area contributed by atoms with Gasteiger partial charge in [-0.15, -0.1) is 0 Å². The van der Waals surface area contributed by atoms with E-state index < -0.39 is 22.8 Å². The first-order chi connectivity index (χ1) is 17.7. The summed E-state index contributed by atoms with van der Waals surface area (Å²) < 4.78 is 66.4. The summed E-state index contributed by atoms with van der Waals surface area (Å²) in [7, 11) is 2.79. The van der Waals surface area contributed by atoms with Gasteiger partial charge in [0.2, 0.25) is 11.8 Å². The summed E-state index contributed by atoms with van der Waals surface area (Å²) in [6.07, 6.45) is 0.216. The van der Waals surface area contributed by atoms with Gasteiger partial charge in [0.1, 0.15) is 35.3 Å². The third-order valence-electron chi connectivity index (χ3n) is 5.81. The molecule has 1 saturated carbocycles. The van der Waals surface area contributed by atoms with Crippen molar-refractivity contribution in [3.8, 4) is 34.5 Å². The first-order valence-electron chi connectivity index (χ1n) is 11.1. The predicted molar refractivity (Wildman–Crippen MR) is 125 cm³/mol. The van der Waals surface area contributed by atoms with E-state index in [0.717, 1.165) is 29.2 Å². The van der Waals surface area contributed by atoms with E-state index in [1.807, 2.05) is 0 Å². The van der Waals surface area contributed by atoms with Crippen LogP contribution in [0.15, 0.2) is 36.8 Å². The molecule has 8 nitrogen and oxygen atoms in total. The Kier molecular flexibility index (Phi) is 6.44. The van der Waals surface area contributed by atoms with E-state index in [4.69, 9.17) is 21.1 Å². The van der Waals surface area contributed by atoms with Crippen molar-refractivity contribution in [3.05, 3.63) is 64.7 Å². The number of imidazole rings is 1. The molecule has 0 unspecified atom stereocenters. The summed E-state index contributed by atoms with van der Waals surface area (Å²) in [5.74, 6) is 0.201. The maximum absolute atomic E-state index is 14.9. The van der Waals surface area contributed by atoms with Crippen LogP contribution >= 0.6 is 11.6 Å². The fourth-order valence-electron chi connectivity index (χ4n) is 3.84. The minimum atomic E-state index is -4.76. The molecule has 0 radical (unpaired) electrons. The first kappa shape index (κ1) is 24.9. The van der Waals surface area contributed by atoms with Crippen molar-refractivity contribution in [1.82, 2.24) is 29.5 Å². The molecule has 0 bridgehead atoms. The SMILES string of the molecule is COc1ncnc(C2CC2)c1-c1nccc(OCc2ccc(-c3nc(C(F)(F)F)c(Cl)n3C)c(F)c2)n1. The second-order valence-electron chi connectivity index (χ2n) is 8.37. The van der Waals surface area contributed by atoms with Gasteiger partial charge in [0.15, 0.2) is 11.5 Å². The number of methoxy groups -OCH3 is 1. The molecule has 0 spiro atoms. The molecule has 192 valence electrons.